The van der Waals surface area contributed by atoms with Gasteiger partial charge in [-0.25, -0.2) is 4.79 Å². The number of urea groups is 1. The van der Waals surface area contributed by atoms with E-state index in [9.17, 15) is 14.4 Å². The molecule has 0 bridgehead atoms. The molecule has 1 unspecified atom stereocenters. The Hall–Kier alpha value is -1.87. The highest BCUT2D eigenvalue weighted by molar-refractivity contribution is 5.86. The van der Waals surface area contributed by atoms with Gasteiger partial charge in [0.05, 0.1) is 19.7 Å². The van der Waals surface area contributed by atoms with Crippen LogP contribution < -0.4 is 16.0 Å². The number of hydrogen-bond donors (Lipinski definition) is 4. The third-order valence-electron chi connectivity index (χ3n) is 2.92. The molecule has 20 heavy (non-hydrogen) atoms. The number of carbonyl (C=O) groups is 3. The number of amides is 3. The van der Waals surface area contributed by atoms with Crippen molar-refractivity contribution in [2.75, 3.05) is 40.0 Å². The molecule has 0 radical (unpaired) electrons. The Labute approximate surface area is 116 Å². The van der Waals surface area contributed by atoms with E-state index in [1.54, 1.807) is 7.11 Å². The molecule has 1 aliphatic rings. The van der Waals surface area contributed by atoms with Crippen LogP contribution in [0.5, 0.6) is 0 Å². The van der Waals surface area contributed by atoms with Gasteiger partial charge in [0.2, 0.25) is 5.91 Å². The second-order valence-electron chi connectivity index (χ2n) is 4.40. The quantitative estimate of drug-likeness (QED) is 0.442. The first kappa shape index (κ1) is 16.2. The van der Waals surface area contributed by atoms with E-state index >= 15 is 0 Å². The monoisotopic (exact) mass is 289 g/mol. The van der Waals surface area contributed by atoms with Crippen LogP contribution in [0.2, 0.25) is 0 Å². The van der Waals surface area contributed by atoms with Crippen molar-refractivity contribution < 1.29 is 29.0 Å². The molecule has 0 aromatic heterocycles. The summed E-state index contributed by atoms with van der Waals surface area (Å²) < 4.78 is 10.5. The topological polar surface area (TPSA) is 126 Å². The number of nitrogens with one attached hydrogen (secondary N) is 3. The van der Waals surface area contributed by atoms with Crippen molar-refractivity contribution in [3.63, 3.8) is 0 Å². The number of ether oxygens (including phenoxy) is 2. The maximum atomic E-state index is 11.5. The van der Waals surface area contributed by atoms with Crippen LogP contribution in [0.25, 0.3) is 0 Å². The van der Waals surface area contributed by atoms with Gasteiger partial charge in [-0.05, 0) is 0 Å². The van der Waals surface area contributed by atoms with Crippen LogP contribution in [-0.4, -0.2) is 68.6 Å². The molecule has 0 spiro atoms. The van der Waals surface area contributed by atoms with Crippen molar-refractivity contribution in [3.8, 4) is 0 Å². The number of carbonyl (C=O) groups excluding carboxylic acids is 2. The van der Waals surface area contributed by atoms with Crippen molar-refractivity contribution >= 4 is 17.9 Å². The van der Waals surface area contributed by atoms with Gasteiger partial charge < -0.3 is 30.5 Å². The molecule has 3 amide bonds. The van der Waals surface area contributed by atoms with E-state index in [4.69, 9.17) is 14.6 Å². The molecule has 1 aliphatic heterocycles. The minimum atomic E-state index is -1.15. The molecule has 1 rings (SSSR count). The van der Waals surface area contributed by atoms with Gasteiger partial charge in [-0.2, -0.15) is 0 Å². The summed E-state index contributed by atoms with van der Waals surface area (Å²) in [6, 6.07) is -0.529. The van der Waals surface area contributed by atoms with Crippen LogP contribution in [0.4, 0.5) is 4.79 Å². The molecule has 1 heterocycles. The number of hydrogen-bond acceptors (Lipinski definition) is 5. The van der Waals surface area contributed by atoms with Crippen molar-refractivity contribution in [2.45, 2.75) is 12.0 Å². The standard InChI is InChI=1S/C11H19N3O6/c1-19-11(2-3-20-7-11)6-14-10(18)13-4-8(15)12-5-9(16)17/h2-7H2,1H3,(H,12,15)(H,16,17)(H2,13,14,18). The van der Waals surface area contributed by atoms with Gasteiger partial charge in [0.1, 0.15) is 12.1 Å². The number of carboxylic acids is 1. The molecule has 114 valence electrons. The fourth-order valence-electron chi connectivity index (χ4n) is 1.66. The zero-order valence-corrected chi connectivity index (χ0v) is 11.2. The van der Waals surface area contributed by atoms with Crippen LogP contribution in [-0.2, 0) is 19.1 Å². The first-order valence-corrected chi connectivity index (χ1v) is 6.10. The Bertz CT molecular complexity index is 367. The molecule has 1 fully saturated rings. The van der Waals surface area contributed by atoms with Crippen LogP contribution in [0.15, 0.2) is 0 Å². The van der Waals surface area contributed by atoms with Crippen LogP contribution in [0, 0.1) is 0 Å². The van der Waals surface area contributed by atoms with Gasteiger partial charge >= 0.3 is 12.0 Å². The Morgan fingerprint density at radius 2 is 2.00 bits per heavy atom. The molecule has 9 heteroatoms. The summed E-state index contributed by atoms with van der Waals surface area (Å²) in [4.78, 5) is 32.9. The average Bonchev–Trinajstić information content (AvgIpc) is 2.90. The highest BCUT2D eigenvalue weighted by atomic mass is 16.5. The smallest absolute Gasteiger partial charge is 0.322 e. The van der Waals surface area contributed by atoms with Crippen molar-refractivity contribution in [2.24, 2.45) is 0 Å². The SMILES string of the molecule is COC1(CNC(=O)NCC(=O)NCC(=O)O)CCOC1. The van der Waals surface area contributed by atoms with Gasteiger partial charge in [0.15, 0.2) is 0 Å². The van der Waals surface area contributed by atoms with Gasteiger partial charge in [-0.15, -0.1) is 0 Å². The van der Waals surface area contributed by atoms with Crippen LogP contribution >= 0.6 is 0 Å². The molecule has 1 saturated heterocycles. The van der Waals surface area contributed by atoms with Gasteiger partial charge in [-0.1, -0.05) is 0 Å². The lowest BCUT2D eigenvalue weighted by atomic mass is 10.0. The zero-order valence-electron chi connectivity index (χ0n) is 11.2. The van der Waals surface area contributed by atoms with E-state index < -0.39 is 30.1 Å². The Balaban J connectivity index is 2.20. The third kappa shape index (κ3) is 5.41. The van der Waals surface area contributed by atoms with E-state index in [0.717, 1.165) is 0 Å². The Kier molecular flexibility index (Phi) is 6.19. The molecule has 1 atom stereocenters. The Morgan fingerprint density at radius 3 is 2.55 bits per heavy atom. The molecule has 0 aromatic carbocycles. The molecule has 0 saturated carbocycles. The van der Waals surface area contributed by atoms with Gasteiger partial charge in [-0.3, -0.25) is 9.59 Å². The average molecular weight is 289 g/mol. The first-order chi connectivity index (χ1) is 9.47. The summed E-state index contributed by atoms with van der Waals surface area (Å²) in [5.74, 6) is -1.72. The zero-order chi connectivity index (χ0) is 15.0. The predicted octanol–water partition coefficient (Wildman–Crippen LogP) is -1.71. The van der Waals surface area contributed by atoms with Crippen molar-refractivity contribution in [3.05, 3.63) is 0 Å². The van der Waals surface area contributed by atoms with Gasteiger partial charge in [0.25, 0.3) is 0 Å². The predicted molar refractivity (Wildman–Crippen MR) is 67.2 cm³/mol. The Morgan fingerprint density at radius 1 is 1.25 bits per heavy atom. The maximum Gasteiger partial charge on any atom is 0.322 e. The third-order valence-corrected chi connectivity index (χ3v) is 2.92. The van der Waals surface area contributed by atoms with E-state index in [1.165, 1.54) is 0 Å². The first-order valence-electron chi connectivity index (χ1n) is 6.10. The lowest BCUT2D eigenvalue weighted by Gasteiger charge is -2.25. The summed E-state index contributed by atoms with van der Waals surface area (Å²) in [6.45, 7) is 0.478. The van der Waals surface area contributed by atoms with E-state index in [1.807, 2.05) is 0 Å². The van der Waals surface area contributed by atoms with Crippen LogP contribution in [0.3, 0.4) is 0 Å². The summed E-state index contributed by atoms with van der Waals surface area (Å²) in [6.07, 6.45) is 0.683. The van der Waals surface area contributed by atoms with E-state index in [-0.39, 0.29) is 13.1 Å². The lowest BCUT2D eigenvalue weighted by molar-refractivity contribution is -0.137. The van der Waals surface area contributed by atoms with E-state index in [2.05, 4.69) is 16.0 Å². The molecular formula is C11H19N3O6. The second kappa shape index (κ2) is 7.65. The largest absolute Gasteiger partial charge is 0.480 e. The van der Waals surface area contributed by atoms with Crippen molar-refractivity contribution in [1.82, 2.24) is 16.0 Å². The molecule has 4 N–H and O–H groups in total. The summed E-state index contributed by atoms with van der Waals surface area (Å²) in [5, 5.41) is 15.4. The molecule has 0 aromatic rings. The fourth-order valence-corrected chi connectivity index (χ4v) is 1.66. The highest BCUT2D eigenvalue weighted by Crippen LogP contribution is 2.21. The normalized spacial score (nSPS) is 21.2. The maximum absolute atomic E-state index is 11.5. The van der Waals surface area contributed by atoms with E-state index in [0.29, 0.717) is 19.6 Å². The summed E-state index contributed by atoms with van der Waals surface area (Å²) in [7, 11) is 1.55. The van der Waals surface area contributed by atoms with Crippen LogP contribution in [0.1, 0.15) is 6.42 Å². The summed E-state index contributed by atoms with van der Waals surface area (Å²) >= 11 is 0. The number of rotatable bonds is 7. The molecule has 0 aliphatic carbocycles. The summed E-state index contributed by atoms with van der Waals surface area (Å²) in [5.41, 5.74) is -0.525. The second-order valence-corrected chi connectivity index (χ2v) is 4.40. The van der Waals surface area contributed by atoms with Crippen molar-refractivity contribution in [1.29, 1.82) is 0 Å². The minimum absolute atomic E-state index is 0.270. The minimum Gasteiger partial charge on any atom is -0.480 e. The number of aliphatic carboxylic acids is 1. The molecule has 9 nitrogen and oxygen atoms in total. The fraction of sp³-hybridized carbons (Fsp3) is 0.727. The molecular weight excluding hydrogens is 270 g/mol. The number of methoxy groups -OCH3 is 1. The number of carboxylic acid groups (broad SMARTS) is 1. The lowest BCUT2D eigenvalue weighted by Crippen LogP contribution is -2.49. The van der Waals surface area contributed by atoms with Gasteiger partial charge in [0, 0.05) is 20.1 Å². The highest BCUT2D eigenvalue weighted by Gasteiger charge is 2.35.